The highest BCUT2D eigenvalue weighted by molar-refractivity contribution is 7.17. The van der Waals surface area contributed by atoms with Crippen LogP contribution in [0, 0.1) is 6.92 Å². The zero-order valence-electron chi connectivity index (χ0n) is 19.2. The van der Waals surface area contributed by atoms with Crippen LogP contribution in [0.3, 0.4) is 0 Å². The molecule has 1 atom stereocenters. The van der Waals surface area contributed by atoms with E-state index in [0.29, 0.717) is 23.7 Å². The minimum atomic E-state index is 0.0186. The highest BCUT2D eigenvalue weighted by atomic mass is 32.1. The van der Waals surface area contributed by atoms with Crippen LogP contribution in [0.15, 0.2) is 59.3 Å². The number of benzene rings is 1. The van der Waals surface area contributed by atoms with Crippen LogP contribution < -0.4 is 4.74 Å². The highest BCUT2D eigenvalue weighted by Crippen LogP contribution is 2.31. The van der Waals surface area contributed by atoms with E-state index in [-0.39, 0.29) is 11.8 Å². The molecule has 3 aromatic heterocycles. The lowest BCUT2D eigenvalue weighted by atomic mass is 9.98. The summed E-state index contributed by atoms with van der Waals surface area (Å²) in [6, 6.07) is 13.6. The Morgan fingerprint density at radius 2 is 2.15 bits per heavy atom. The van der Waals surface area contributed by atoms with Gasteiger partial charge in [0, 0.05) is 25.7 Å². The summed E-state index contributed by atoms with van der Waals surface area (Å²) < 4.78 is 11.4. The standard InChI is InChI=1S/C26H26N4O3S/c1-17-23(34-25(29-17)22-10-3-4-11-27-22)26(31)30-12-6-8-19(16-30)24-28-15-21(33-24)14-18-7-5-9-20(13-18)32-2/h3-5,7,9-11,13,15,19H,6,8,12,14,16H2,1-2H3/t19-/m1/s1. The van der Waals surface area contributed by atoms with E-state index in [9.17, 15) is 4.79 Å². The van der Waals surface area contributed by atoms with Gasteiger partial charge in [0.15, 0.2) is 5.89 Å². The van der Waals surface area contributed by atoms with Gasteiger partial charge in [-0.3, -0.25) is 9.78 Å². The molecule has 0 aliphatic carbocycles. The molecule has 0 unspecified atom stereocenters. The number of ether oxygens (including phenoxy) is 1. The van der Waals surface area contributed by atoms with Crippen LogP contribution in [-0.4, -0.2) is 46.0 Å². The fourth-order valence-corrected chi connectivity index (χ4v) is 5.29. The maximum absolute atomic E-state index is 13.4. The van der Waals surface area contributed by atoms with Crippen molar-refractivity contribution in [3.05, 3.63) is 82.6 Å². The summed E-state index contributed by atoms with van der Waals surface area (Å²) in [6.07, 6.45) is 6.04. The fourth-order valence-electron chi connectivity index (χ4n) is 4.28. The molecule has 34 heavy (non-hydrogen) atoms. The van der Waals surface area contributed by atoms with Gasteiger partial charge in [-0.2, -0.15) is 0 Å². The largest absolute Gasteiger partial charge is 0.497 e. The molecule has 1 aliphatic rings. The smallest absolute Gasteiger partial charge is 0.265 e. The summed E-state index contributed by atoms with van der Waals surface area (Å²) in [6.45, 7) is 3.20. The van der Waals surface area contributed by atoms with E-state index in [0.717, 1.165) is 52.9 Å². The van der Waals surface area contributed by atoms with E-state index in [4.69, 9.17) is 9.15 Å². The van der Waals surface area contributed by atoms with E-state index in [2.05, 4.69) is 15.0 Å². The lowest BCUT2D eigenvalue weighted by molar-refractivity contribution is 0.0702. The Morgan fingerprint density at radius 1 is 1.24 bits per heavy atom. The SMILES string of the molecule is COc1cccc(Cc2cnc([C@@H]3CCCN(C(=O)c4sc(-c5ccccn5)nc4C)C3)o2)c1. The Balaban J connectivity index is 1.28. The molecule has 0 radical (unpaired) electrons. The normalized spacial score (nSPS) is 15.9. The van der Waals surface area contributed by atoms with Gasteiger partial charge in [0.05, 0.1) is 30.6 Å². The van der Waals surface area contributed by atoms with Gasteiger partial charge in [-0.25, -0.2) is 9.97 Å². The fraction of sp³-hybridized carbons (Fsp3) is 0.308. The molecule has 1 saturated heterocycles. The molecule has 0 N–H and O–H groups in total. The number of nitrogens with zero attached hydrogens (tertiary/aromatic N) is 4. The molecule has 8 heteroatoms. The molecule has 0 saturated carbocycles. The van der Waals surface area contributed by atoms with Gasteiger partial charge < -0.3 is 14.1 Å². The van der Waals surface area contributed by atoms with Gasteiger partial charge >= 0.3 is 0 Å². The van der Waals surface area contributed by atoms with E-state index in [1.165, 1.54) is 11.3 Å². The molecule has 7 nitrogen and oxygen atoms in total. The number of carbonyl (C=O) groups excluding carboxylic acids is 1. The number of methoxy groups -OCH3 is 1. The maximum atomic E-state index is 13.4. The molecule has 174 valence electrons. The lowest BCUT2D eigenvalue weighted by Crippen LogP contribution is -2.39. The van der Waals surface area contributed by atoms with E-state index < -0.39 is 0 Å². The zero-order chi connectivity index (χ0) is 23.5. The second kappa shape index (κ2) is 9.77. The van der Waals surface area contributed by atoms with Crippen LogP contribution in [0.4, 0.5) is 0 Å². The molecule has 0 bridgehead atoms. The Labute approximate surface area is 202 Å². The average molecular weight is 475 g/mol. The molecule has 0 spiro atoms. The number of aryl methyl sites for hydroxylation is 1. The first-order valence-electron chi connectivity index (χ1n) is 11.4. The molecule has 4 heterocycles. The molecule has 1 aliphatic heterocycles. The quantitative estimate of drug-likeness (QED) is 0.386. The number of pyridine rings is 1. The minimum absolute atomic E-state index is 0.0186. The first-order chi connectivity index (χ1) is 16.6. The Hall–Kier alpha value is -3.52. The van der Waals surface area contributed by atoms with Crippen LogP contribution >= 0.6 is 11.3 Å². The van der Waals surface area contributed by atoms with Crippen LogP contribution in [0.1, 0.15) is 51.3 Å². The molecule has 4 aromatic rings. The zero-order valence-corrected chi connectivity index (χ0v) is 20.0. The van der Waals surface area contributed by atoms with Crippen LogP contribution in [-0.2, 0) is 6.42 Å². The van der Waals surface area contributed by atoms with Crippen molar-refractivity contribution in [3.8, 4) is 16.5 Å². The summed E-state index contributed by atoms with van der Waals surface area (Å²) in [5.41, 5.74) is 2.64. The maximum Gasteiger partial charge on any atom is 0.265 e. The first-order valence-corrected chi connectivity index (χ1v) is 12.2. The van der Waals surface area contributed by atoms with Crippen LogP contribution in [0.2, 0.25) is 0 Å². The molecule has 1 fully saturated rings. The van der Waals surface area contributed by atoms with Gasteiger partial charge in [-0.05, 0) is 49.6 Å². The third-order valence-corrected chi connectivity index (χ3v) is 7.18. The number of aromatic nitrogens is 3. The number of piperidine rings is 1. The van der Waals surface area contributed by atoms with Crippen molar-refractivity contribution >= 4 is 17.2 Å². The molecular weight excluding hydrogens is 448 g/mol. The molecule has 1 amide bonds. The number of likely N-dealkylation sites (tertiary alicyclic amines) is 1. The van der Waals surface area contributed by atoms with Gasteiger partial charge in [-0.1, -0.05) is 18.2 Å². The van der Waals surface area contributed by atoms with Crippen molar-refractivity contribution in [2.45, 2.75) is 32.1 Å². The number of oxazole rings is 1. The Bertz CT molecular complexity index is 1280. The monoisotopic (exact) mass is 474 g/mol. The third kappa shape index (κ3) is 4.72. The van der Waals surface area contributed by atoms with Crippen molar-refractivity contribution in [2.24, 2.45) is 0 Å². The number of hydrogen-bond donors (Lipinski definition) is 0. The molecule has 1 aromatic carbocycles. The van der Waals surface area contributed by atoms with Crippen molar-refractivity contribution in [2.75, 3.05) is 20.2 Å². The van der Waals surface area contributed by atoms with E-state index in [1.54, 1.807) is 19.5 Å². The summed E-state index contributed by atoms with van der Waals surface area (Å²) >= 11 is 1.41. The van der Waals surface area contributed by atoms with Gasteiger partial charge in [0.2, 0.25) is 0 Å². The summed E-state index contributed by atoms with van der Waals surface area (Å²) in [4.78, 5) is 29.5. The summed E-state index contributed by atoms with van der Waals surface area (Å²) in [5, 5.41) is 0.768. The number of rotatable bonds is 6. The minimum Gasteiger partial charge on any atom is -0.497 e. The van der Waals surface area contributed by atoms with Gasteiger partial charge in [0.1, 0.15) is 21.4 Å². The van der Waals surface area contributed by atoms with Crippen molar-refractivity contribution in [1.29, 1.82) is 0 Å². The first kappa shape index (κ1) is 22.3. The van der Waals surface area contributed by atoms with Gasteiger partial charge in [-0.15, -0.1) is 11.3 Å². The van der Waals surface area contributed by atoms with Crippen molar-refractivity contribution in [1.82, 2.24) is 19.9 Å². The number of thiazole rings is 1. The summed E-state index contributed by atoms with van der Waals surface area (Å²) in [7, 11) is 1.66. The predicted octanol–water partition coefficient (Wildman–Crippen LogP) is 5.12. The van der Waals surface area contributed by atoms with Crippen molar-refractivity contribution in [3.63, 3.8) is 0 Å². The predicted molar refractivity (Wildman–Crippen MR) is 130 cm³/mol. The van der Waals surface area contributed by atoms with Crippen LogP contribution in [0.5, 0.6) is 5.75 Å². The van der Waals surface area contributed by atoms with Crippen LogP contribution in [0.25, 0.3) is 10.7 Å². The third-order valence-electron chi connectivity index (χ3n) is 6.02. The van der Waals surface area contributed by atoms with E-state index >= 15 is 0 Å². The number of hydrogen-bond acceptors (Lipinski definition) is 7. The average Bonchev–Trinajstić information content (AvgIpc) is 3.51. The second-order valence-corrected chi connectivity index (χ2v) is 9.43. The highest BCUT2D eigenvalue weighted by Gasteiger charge is 2.30. The molecular formula is C26H26N4O3S. The van der Waals surface area contributed by atoms with Gasteiger partial charge in [0.25, 0.3) is 5.91 Å². The Kier molecular flexibility index (Phi) is 6.40. The second-order valence-electron chi connectivity index (χ2n) is 8.43. The Morgan fingerprint density at radius 3 is 2.97 bits per heavy atom. The van der Waals surface area contributed by atoms with Crippen molar-refractivity contribution < 1.29 is 13.9 Å². The number of carbonyl (C=O) groups is 1. The molecule has 5 rings (SSSR count). The number of amides is 1. The lowest BCUT2D eigenvalue weighted by Gasteiger charge is -2.31. The topological polar surface area (TPSA) is 81.4 Å². The van der Waals surface area contributed by atoms with E-state index in [1.807, 2.05) is 54.3 Å². The summed E-state index contributed by atoms with van der Waals surface area (Å²) in [5.74, 6) is 2.43.